The molecule has 28 heavy (non-hydrogen) atoms. The van der Waals surface area contributed by atoms with E-state index in [9.17, 15) is 9.18 Å². The zero-order valence-corrected chi connectivity index (χ0v) is 16.5. The molecule has 146 valence electrons. The molecule has 1 amide bonds. The molecule has 1 aromatic heterocycles. The van der Waals surface area contributed by atoms with Gasteiger partial charge < -0.3 is 10.6 Å². The molecule has 2 N–H and O–H groups in total. The number of nitrogens with one attached hydrogen (secondary N) is 2. The number of rotatable bonds is 2. The van der Waals surface area contributed by atoms with E-state index in [-0.39, 0.29) is 11.6 Å². The van der Waals surface area contributed by atoms with Crippen LogP contribution in [0.15, 0.2) is 30.3 Å². The average molecular weight is 380 g/mol. The van der Waals surface area contributed by atoms with Crippen LogP contribution in [-0.2, 0) is 11.8 Å². The second-order valence-corrected chi connectivity index (χ2v) is 7.08. The molecule has 5 nitrogen and oxygen atoms in total. The van der Waals surface area contributed by atoms with Crippen molar-refractivity contribution >= 4 is 28.2 Å². The molecule has 1 saturated carbocycles. The largest absolute Gasteiger partial charge is 0.382 e. The van der Waals surface area contributed by atoms with Gasteiger partial charge >= 0.3 is 0 Å². The maximum Gasteiger partial charge on any atom is 0.226 e. The third-order valence-corrected chi connectivity index (χ3v) is 5.23. The summed E-state index contributed by atoms with van der Waals surface area (Å²) in [5.74, 6) is -0.0460. The van der Waals surface area contributed by atoms with Gasteiger partial charge in [-0.05, 0) is 42.7 Å². The molecule has 0 spiro atoms. The Hall–Kier alpha value is -2.89. The van der Waals surface area contributed by atoms with Crippen molar-refractivity contribution < 1.29 is 9.18 Å². The highest BCUT2D eigenvalue weighted by atomic mass is 19.1. The fraction of sp³-hybridized carbons (Fsp3) is 0.364. The fourth-order valence-corrected chi connectivity index (χ4v) is 3.75. The summed E-state index contributed by atoms with van der Waals surface area (Å²) in [4.78, 5) is 11.8. The van der Waals surface area contributed by atoms with Crippen molar-refractivity contribution in [2.24, 2.45) is 7.05 Å². The van der Waals surface area contributed by atoms with E-state index >= 15 is 0 Å². The van der Waals surface area contributed by atoms with Crippen LogP contribution < -0.4 is 10.6 Å². The molecule has 0 bridgehead atoms. The van der Waals surface area contributed by atoms with E-state index < -0.39 is 5.82 Å². The van der Waals surface area contributed by atoms with Crippen molar-refractivity contribution in [2.45, 2.75) is 39.0 Å². The van der Waals surface area contributed by atoms with Crippen LogP contribution in [0.25, 0.3) is 22.0 Å². The number of benzene rings is 2. The Labute approximate surface area is 163 Å². The molecule has 2 heterocycles. The first-order valence-corrected chi connectivity index (χ1v) is 9.95. The van der Waals surface area contributed by atoms with Crippen LogP contribution in [0.2, 0.25) is 0 Å². The zero-order chi connectivity index (χ0) is 19.8. The zero-order valence-electron chi connectivity index (χ0n) is 16.5. The van der Waals surface area contributed by atoms with Crippen LogP contribution in [-0.4, -0.2) is 22.2 Å². The Balaban J connectivity index is 0.000000932. The van der Waals surface area contributed by atoms with E-state index in [4.69, 9.17) is 5.10 Å². The molecule has 6 heteroatoms. The highest BCUT2D eigenvalue weighted by Gasteiger charge is 2.29. The van der Waals surface area contributed by atoms with Crippen LogP contribution >= 0.6 is 0 Å². The van der Waals surface area contributed by atoms with Crippen molar-refractivity contribution in [2.75, 3.05) is 17.2 Å². The van der Waals surface area contributed by atoms with Gasteiger partial charge in [0.05, 0.1) is 16.9 Å². The maximum absolute atomic E-state index is 14.3. The molecule has 1 aliphatic heterocycles. The van der Waals surface area contributed by atoms with Gasteiger partial charge in [0.25, 0.3) is 0 Å². The van der Waals surface area contributed by atoms with Gasteiger partial charge in [0.2, 0.25) is 5.91 Å². The van der Waals surface area contributed by atoms with Crippen molar-refractivity contribution in [1.29, 1.82) is 0 Å². The molecule has 5 rings (SSSR count). The first kappa shape index (κ1) is 18.5. The number of carbonyl (C=O) groups is 1. The molecule has 0 unspecified atom stereocenters. The molecule has 3 aromatic rings. The van der Waals surface area contributed by atoms with Gasteiger partial charge in [-0.3, -0.25) is 9.48 Å². The lowest BCUT2D eigenvalue weighted by molar-refractivity contribution is -0.115. The second kappa shape index (κ2) is 7.26. The molecule has 0 saturated heterocycles. The topological polar surface area (TPSA) is 59.0 Å². The predicted molar refractivity (Wildman–Crippen MR) is 111 cm³/mol. The maximum atomic E-state index is 14.3. The minimum Gasteiger partial charge on any atom is -0.382 e. The number of aromatic nitrogens is 2. The van der Waals surface area contributed by atoms with Gasteiger partial charge in [-0.15, -0.1) is 0 Å². The highest BCUT2D eigenvalue weighted by Crippen LogP contribution is 2.44. The average Bonchev–Trinajstić information content (AvgIpc) is 3.51. The summed E-state index contributed by atoms with van der Waals surface area (Å²) in [5, 5.41) is 11.8. The number of aryl methyl sites for hydroxylation is 1. The number of nitrogens with zero attached hydrogens (tertiary/aromatic N) is 2. The molecular weight excluding hydrogens is 355 g/mol. The van der Waals surface area contributed by atoms with Crippen LogP contribution in [0.5, 0.6) is 0 Å². The minimum absolute atomic E-state index is 0.175. The fourth-order valence-electron chi connectivity index (χ4n) is 3.75. The van der Waals surface area contributed by atoms with Crippen LogP contribution in [0.3, 0.4) is 0 Å². The number of halogens is 1. The van der Waals surface area contributed by atoms with E-state index in [1.807, 2.05) is 31.6 Å². The lowest BCUT2D eigenvalue weighted by Gasteiger charge is -2.15. The summed E-state index contributed by atoms with van der Waals surface area (Å²) in [6.45, 7) is 4.48. The quantitative estimate of drug-likeness (QED) is 0.655. The SMILES string of the molecule is CC.Cn1nc(C2CC2)c2cc(-c3ccc(F)c4c3NCCC(=O)N4)ccc21. The van der Waals surface area contributed by atoms with Gasteiger partial charge in [-0.25, -0.2) is 4.39 Å². The molecule has 0 radical (unpaired) electrons. The van der Waals surface area contributed by atoms with Crippen LogP contribution in [0.1, 0.15) is 44.7 Å². The lowest BCUT2D eigenvalue weighted by Crippen LogP contribution is -2.11. The summed E-state index contributed by atoms with van der Waals surface area (Å²) in [5.41, 5.74) is 5.01. The standard InChI is InChI=1S/C20H19FN4O.C2H6/c1-25-16-7-4-12(10-14(16)18(24-25)11-2-3-11)13-5-6-15(21)20-19(13)22-9-8-17(26)23-20;1-2/h4-7,10-11,22H,2-3,8-9H2,1H3,(H,23,26);1-2H3. The third-order valence-electron chi connectivity index (χ3n) is 5.23. The Morgan fingerprint density at radius 3 is 2.68 bits per heavy atom. The van der Waals surface area contributed by atoms with Crippen molar-refractivity contribution in [1.82, 2.24) is 9.78 Å². The number of amides is 1. The monoisotopic (exact) mass is 380 g/mol. The summed E-state index contributed by atoms with van der Waals surface area (Å²) < 4.78 is 16.2. The number of anilines is 2. The van der Waals surface area contributed by atoms with Gasteiger partial charge in [-0.2, -0.15) is 5.10 Å². The van der Waals surface area contributed by atoms with Gasteiger partial charge in [0.15, 0.2) is 0 Å². The van der Waals surface area contributed by atoms with Crippen molar-refractivity contribution in [3.8, 4) is 11.1 Å². The number of fused-ring (bicyclic) bond motifs is 2. The van der Waals surface area contributed by atoms with Crippen molar-refractivity contribution in [3.63, 3.8) is 0 Å². The molecule has 1 fully saturated rings. The second-order valence-electron chi connectivity index (χ2n) is 7.08. The Kier molecular flexibility index (Phi) is 4.79. The first-order valence-electron chi connectivity index (χ1n) is 9.95. The van der Waals surface area contributed by atoms with Crippen LogP contribution in [0.4, 0.5) is 15.8 Å². The summed E-state index contributed by atoms with van der Waals surface area (Å²) in [6, 6.07) is 9.42. The summed E-state index contributed by atoms with van der Waals surface area (Å²) in [7, 11) is 1.97. The normalized spacial score (nSPS) is 15.8. The van der Waals surface area contributed by atoms with Crippen molar-refractivity contribution in [3.05, 3.63) is 41.8 Å². The van der Waals surface area contributed by atoms with E-state index in [2.05, 4.69) is 22.8 Å². The predicted octanol–water partition coefficient (Wildman–Crippen LogP) is 5.04. The summed E-state index contributed by atoms with van der Waals surface area (Å²) in [6.07, 6.45) is 2.70. The molecule has 2 aliphatic rings. The smallest absolute Gasteiger partial charge is 0.226 e. The van der Waals surface area contributed by atoms with Gasteiger partial charge in [0.1, 0.15) is 11.5 Å². The van der Waals surface area contributed by atoms with Gasteiger partial charge in [-0.1, -0.05) is 19.9 Å². The minimum atomic E-state index is -0.423. The van der Waals surface area contributed by atoms with E-state index in [0.717, 1.165) is 27.7 Å². The number of carbonyl (C=O) groups excluding carboxylic acids is 1. The van der Waals surface area contributed by atoms with E-state index in [1.165, 1.54) is 18.9 Å². The Morgan fingerprint density at radius 1 is 1.14 bits per heavy atom. The van der Waals surface area contributed by atoms with Crippen LogP contribution in [0, 0.1) is 5.82 Å². The molecule has 2 aromatic carbocycles. The first-order chi connectivity index (χ1) is 13.6. The molecule has 1 aliphatic carbocycles. The molecular formula is C22H25FN4O. The Morgan fingerprint density at radius 2 is 1.93 bits per heavy atom. The summed E-state index contributed by atoms with van der Waals surface area (Å²) >= 11 is 0. The highest BCUT2D eigenvalue weighted by molar-refractivity contribution is 6.01. The van der Waals surface area contributed by atoms with E-state index in [1.54, 1.807) is 6.07 Å². The Bertz CT molecular complexity index is 1050. The number of hydrogen-bond donors (Lipinski definition) is 2. The van der Waals surface area contributed by atoms with Gasteiger partial charge in [0, 0.05) is 36.9 Å². The lowest BCUT2D eigenvalue weighted by atomic mass is 9.99. The van der Waals surface area contributed by atoms with E-state index in [0.29, 0.717) is 24.6 Å². The number of hydrogen-bond acceptors (Lipinski definition) is 3. The molecule has 0 atom stereocenters. The third kappa shape index (κ3) is 3.13.